The maximum Gasteiger partial charge on any atom is 0.196 e. The van der Waals surface area contributed by atoms with Crippen molar-refractivity contribution in [1.82, 2.24) is 14.8 Å². The van der Waals surface area contributed by atoms with Crippen molar-refractivity contribution in [2.24, 2.45) is 0 Å². The van der Waals surface area contributed by atoms with Gasteiger partial charge >= 0.3 is 0 Å². The van der Waals surface area contributed by atoms with Gasteiger partial charge in [0.05, 0.1) is 5.75 Å². The van der Waals surface area contributed by atoms with Gasteiger partial charge in [0, 0.05) is 11.3 Å². The predicted octanol–water partition coefficient (Wildman–Crippen LogP) is 4.48. The summed E-state index contributed by atoms with van der Waals surface area (Å²) < 4.78 is 1.90. The molecule has 0 spiro atoms. The van der Waals surface area contributed by atoms with Gasteiger partial charge in [0.2, 0.25) is 0 Å². The highest BCUT2D eigenvalue weighted by Crippen LogP contribution is 2.25. The molecule has 0 aliphatic carbocycles. The van der Waals surface area contributed by atoms with Gasteiger partial charge in [-0.15, -0.1) is 10.2 Å². The molecule has 3 aromatic rings. The molecule has 0 unspecified atom stereocenters. The number of hydrogen-bond acceptors (Lipinski definition) is 4. The van der Waals surface area contributed by atoms with Crippen LogP contribution in [0.5, 0.6) is 0 Å². The third-order valence-corrected chi connectivity index (χ3v) is 5.47. The molecule has 0 aliphatic rings. The molecule has 25 heavy (non-hydrogen) atoms. The highest BCUT2D eigenvalue weighted by molar-refractivity contribution is 7.99. The molecule has 2 aromatic carbocycles. The minimum absolute atomic E-state index is 0.134. The van der Waals surface area contributed by atoms with Gasteiger partial charge in [-0.3, -0.25) is 9.36 Å². The number of aromatic nitrogens is 3. The molecule has 0 saturated heterocycles. The summed E-state index contributed by atoms with van der Waals surface area (Å²) in [4.78, 5) is 12.9. The van der Waals surface area contributed by atoms with Gasteiger partial charge in [0.1, 0.15) is 6.33 Å². The number of carbonyl (C=O) groups excluding carboxylic acids is 1. The maximum atomic E-state index is 12.9. The largest absolute Gasteiger partial charge is 0.293 e. The topological polar surface area (TPSA) is 47.8 Å². The minimum atomic E-state index is 0.134. The lowest BCUT2D eigenvalue weighted by Gasteiger charge is -2.14. The molecular formula is C20H21N3OS. The lowest BCUT2D eigenvalue weighted by molar-refractivity contribution is 0.102. The van der Waals surface area contributed by atoms with Crippen molar-refractivity contribution in [3.05, 3.63) is 70.5 Å². The van der Waals surface area contributed by atoms with Crippen LogP contribution < -0.4 is 0 Å². The van der Waals surface area contributed by atoms with E-state index >= 15 is 0 Å². The molecule has 5 heteroatoms. The van der Waals surface area contributed by atoms with Crippen molar-refractivity contribution in [3.8, 4) is 5.69 Å². The van der Waals surface area contributed by atoms with Crippen LogP contribution in [0.4, 0.5) is 0 Å². The third kappa shape index (κ3) is 3.51. The molecular weight excluding hydrogens is 330 g/mol. The van der Waals surface area contributed by atoms with Crippen LogP contribution in [0.25, 0.3) is 5.69 Å². The zero-order chi connectivity index (χ0) is 18.0. The monoisotopic (exact) mass is 351 g/mol. The Balaban J connectivity index is 1.82. The number of benzene rings is 2. The van der Waals surface area contributed by atoms with Gasteiger partial charge in [-0.25, -0.2) is 0 Å². The second-order valence-electron chi connectivity index (χ2n) is 6.17. The average Bonchev–Trinajstić information content (AvgIpc) is 3.08. The summed E-state index contributed by atoms with van der Waals surface area (Å²) in [6.45, 7) is 8.15. The number of hydrogen-bond donors (Lipinski definition) is 0. The summed E-state index contributed by atoms with van der Waals surface area (Å²) in [6, 6.07) is 12.0. The number of thioether (sulfide) groups is 1. The number of rotatable bonds is 5. The van der Waals surface area contributed by atoms with Crippen LogP contribution in [-0.2, 0) is 0 Å². The lowest BCUT2D eigenvalue weighted by atomic mass is 9.92. The number of aryl methyl sites for hydroxylation is 2. The smallest absolute Gasteiger partial charge is 0.196 e. The zero-order valence-electron chi connectivity index (χ0n) is 14.9. The average molecular weight is 351 g/mol. The fraction of sp³-hybridized carbons (Fsp3) is 0.250. The molecule has 1 aromatic heterocycles. The van der Waals surface area contributed by atoms with Crippen molar-refractivity contribution in [3.63, 3.8) is 0 Å². The van der Waals surface area contributed by atoms with E-state index in [0.717, 1.165) is 38.7 Å². The fourth-order valence-electron chi connectivity index (χ4n) is 2.93. The first kappa shape index (κ1) is 17.4. The van der Waals surface area contributed by atoms with Crippen LogP contribution in [-0.4, -0.2) is 26.3 Å². The van der Waals surface area contributed by atoms with E-state index in [0.29, 0.717) is 5.75 Å². The van der Waals surface area contributed by atoms with Gasteiger partial charge in [0.15, 0.2) is 10.9 Å². The predicted molar refractivity (Wildman–Crippen MR) is 102 cm³/mol. The van der Waals surface area contributed by atoms with E-state index in [1.54, 1.807) is 6.33 Å². The Morgan fingerprint density at radius 1 is 1.04 bits per heavy atom. The number of nitrogens with zero attached hydrogens (tertiary/aromatic N) is 3. The Kier molecular flexibility index (Phi) is 5.04. The molecule has 0 amide bonds. The van der Waals surface area contributed by atoms with Crippen molar-refractivity contribution in [1.29, 1.82) is 0 Å². The molecule has 0 aliphatic heterocycles. The molecule has 0 saturated carbocycles. The Bertz CT molecular complexity index is 890. The fourth-order valence-corrected chi connectivity index (χ4v) is 3.73. The lowest BCUT2D eigenvalue weighted by Crippen LogP contribution is -2.10. The molecule has 128 valence electrons. The maximum absolute atomic E-state index is 12.9. The van der Waals surface area contributed by atoms with E-state index in [4.69, 9.17) is 0 Å². The summed E-state index contributed by atoms with van der Waals surface area (Å²) in [7, 11) is 0. The summed E-state index contributed by atoms with van der Waals surface area (Å²) >= 11 is 1.42. The van der Waals surface area contributed by atoms with E-state index in [1.165, 1.54) is 11.8 Å². The minimum Gasteiger partial charge on any atom is -0.293 e. The molecule has 1 heterocycles. The summed E-state index contributed by atoms with van der Waals surface area (Å²) in [5, 5.41) is 8.88. The number of ketones is 1. The first-order valence-corrected chi connectivity index (χ1v) is 9.16. The van der Waals surface area contributed by atoms with Crippen LogP contribution in [0.2, 0.25) is 0 Å². The summed E-state index contributed by atoms with van der Waals surface area (Å²) in [5.74, 6) is 0.477. The van der Waals surface area contributed by atoms with Crippen LogP contribution in [0.3, 0.4) is 0 Å². The standard InChI is InChI=1S/C20H21N3OS/c1-13-10-14(2)16(4)19(15(13)3)18(24)11-25-20-22-21-12-23(20)17-8-6-5-7-9-17/h5-10,12H,11H2,1-4H3. The zero-order valence-corrected chi connectivity index (χ0v) is 15.7. The van der Waals surface area contributed by atoms with Crippen LogP contribution >= 0.6 is 11.8 Å². The van der Waals surface area contributed by atoms with Crippen LogP contribution in [0, 0.1) is 27.7 Å². The number of Topliss-reactive ketones (excluding diaryl/α,β-unsaturated/α-hetero) is 1. The van der Waals surface area contributed by atoms with Gasteiger partial charge in [-0.1, -0.05) is 36.0 Å². The normalized spacial score (nSPS) is 10.9. The highest BCUT2D eigenvalue weighted by atomic mass is 32.2. The quantitative estimate of drug-likeness (QED) is 0.502. The molecule has 3 rings (SSSR count). The van der Waals surface area contributed by atoms with E-state index in [9.17, 15) is 4.79 Å². The van der Waals surface area contributed by atoms with E-state index in [-0.39, 0.29) is 5.78 Å². The molecule has 0 radical (unpaired) electrons. The summed E-state index contributed by atoms with van der Waals surface area (Å²) in [5.41, 5.74) is 6.28. The molecule has 0 atom stereocenters. The molecule has 4 nitrogen and oxygen atoms in total. The van der Waals surface area contributed by atoms with E-state index < -0.39 is 0 Å². The first-order valence-electron chi connectivity index (χ1n) is 8.18. The first-order chi connectivity index (χ1) is 12.0. The Labute approximate surface area is 152 Å². The van der Waals surface area contributed by atoms with E-state index in [1.807, 2.05) is 48.7 Å². The van der Waals surface area contributed by atoms with Crippen LogP contribution in [0.15, 0.2) is 47.9 Å². The third-order valence-electron chi connectivity index (χ3n) is 4.53. The van der Waals surface area contributed by atoms with E-state index in [2.05, 4.69) is 30.1 Å². The second kappa shape index (κ2) is 7.23. The Morgan fingerprint density at radius 2 is 1.68 bits per heavy atom. The van der Waals surface area contributed by atoms with Gasteiger partial charge in [-0.2, -0.15) is 0 Å². The Hall–Kier alpha value is -2.40. The SMILES string of the molecule is Cc1cc(C)c(C)c(C(=O)CSc2nncn2-c2ccccc2)c1C. The molecule has 0 bridgehead atoms. The van der Waals surface area contributed by atoms with Crippen molar-refractivity contribution < 1.29 is 4.79 Å². The summed E-state index contributed by atoms with van der Waals surface area (Å²) in [6.07, 6.45) is 1.68. The van der Waals surface area contributed by atoms with Crippen molar-refractivity contribution in [2.45, 2.75) is 32.9 Å². The Morgan fingerprint density at radius 3 is 2.32 bits per heavy atom. The second-order valence-corrected chi connectivity index (χ2v) is 7.11. The molecule has 0 fully saturated rings. The van der Waals surface area contributed by atoms with Gasteiger partial charge in [0.25, 0.3) is 0 Å². The highest BCUT2D eigenvalue weighted by Gasteiger charge is 2.17. The van der Waals surface area contributed by atoms with Crippen LogP contribution in [0.1, 0.15) is 32.6 Å². The number of para-hydroxylation sites is 1. The van der Waals surface area contributed by atoms with Crippen molar-refractivity contribution >= 4 is 17.5 Å². The van der Waals surface area contributed by atoms with Gasteiger partial charge in [-0.05, 0) is 62.1 Å². The van der Waals surface area contributed by atoms with Gasteiger partial charge < -0.3 is 0 Å². The molecule has 0 N–H and O–H groups in total. The number of carbonyl (C=O) groups is 1. The van der Waals surface area contributed by atoms with Crippen molar-refractivity contribution in [2.75, 3.05) is 5.75 Å².